The average molecular weight is 181 g/mol. The molecule has 0 saturated heterocycles. The Morgan fingerprint density at radius 2 is 1.92 bits per heavy atom. The third-order valence-corrected chi connectivity index (χ3v) is 4.36. The molecule has 1 heteroatoms. The van der Waals surface area contributed by atoms with E-state index in [0.29, 0.717) is 0 Å². The van der Waals surface area contributed by atoms with Gasteiger partial charge in [0.05, 0.1) is 0 Å². The Morgan fingerprint density at radius 3 is 2.38 bits per heavy atom. The van der Waals surface area contributed by atoms with Gasteiger partial charge in [0.2, 0.25) is 0 Å². The van der Waals surface area contributed by atoms with Gasteiger partial charge in [-0.05, 0) is 56.5 Å². The Bertz CT molecular complexity index is 159. The highest BCUT2D eigenvalue weighted by Gasteiger charge is 2.37. The summed E-state index contributed by atoms with van der Waals surface area (Å²) >= 11 is 0. The average Bonchev–Trinajstić information content (AvgIpc) is 2.20. The first kappa shape index (κ1) is 9.51. The van der Waals surface area contributed by atoms with Gasteiger partial charge in [-0.15, -0.1) is 0 Å². The van der Waals surface area contributed by atoms with E-state index in [2.05, 4.69) is 19.3 Å². The number of nitrogens with one attached hydrogen (secondary N) is 1. The summed E-state index contributed by atoms with van der Waals surface area (Å²) in [6.45, 7) is 3.65. The van der Waals surface area contributed by atoms with E-state index in [-0.39, 0.29) is 0 Å². The molecule has 3 aliphatic carbocycles. The molecule has 3 rings (SSSR count). The molecule has 3 aliphatic rings. The molecule has 0 heterocycles. The van der Waals surface area contributed by atoms with Crippen molar-refractivity contribution in [2.75, 3.05) is 13.6 Å². The molecule has 1 nitrogen and oxygen atoms in total. The monoisotopic (exact) mass is 181 g/mol. The number of rotatable bonds is 3. The van der Waals surface area contributed by atoms with E-state index >= 15 is 0 Å². The van der Waals surface area contributed by atoms with Crippen LogP contribution in [0.4, 0.5) is 0 Å². The minimum absolute atomic E-state index is 0.901. The Hall–Kier alpha value is -0.0400. The summed E-state index contributed by atoms with van der Waals surface area (Å²) in [5, 5.41) is 3.32. The predicted octanol–water partition coefficient (Wildman–Crippen LogP) is 2.67. The van der Waals surface area contributed by atoms with Crippen LogP contribution in [0.3, 0.4) is 0 Å². The summed E-state index contributed by atoms with van der Waals surface area (Å²) in [4.78, 5) is 0. The fourth-order valence-corrected chi connectivity index (χ4v) is 3.60. The van der Waals surface area contributed by atoms with Gasteiger partial charge in [-0.1, -0.05) is 19.8 Å². The summed E-state index contributed by atoms with van der Waals surface area (Å²) in [5.74, 6) is 4.11. The summed E-state index contributed by atoms with van der Waals surface area (Å²) in [5.41, 5.74) is 0. The maximum atomic E-state index is 3.32. The van der Waals surface area contributed by atoms with Crippen molar-refractivity contribution in [2.45, 2.75) is 39.0 Å². The first-order valence-corrected chi connectivity index (χ1v) is 5.96. The van der Waals surface area contributed by atoms with Crippen molar-refractivity contribution in [2.24, 2.45) is 23.7 Å². The van der Waals surface area contributed by atoms with Crippen LogP contribution >= 0.6 is 0 Å². The normalized spacial score (nSPS) is 40.6. The first-order chi connectivity index (χ1) is 6.31. The minimum Gasteiger partial charge on any atom is -0.319 e. The van der Waals surface area contributed by atoms with E-state index < -0.39 is 0 Å². The van der Waals surface area contributed by atoms with Crippen molar-refractivity contribution in [3.63, 3.8) is 0 Å². The Kier molecular flexibility index (Phi) is 2.92. The second kappa shape index (κ2) is 4.00. The molecule has 1 N–H and O–H groups in total. The maximum Gasteiger partial charge on any atom is -0.00234 e. The van der Waals surface area contributed by atoms with Crippen molar-refractivity contribution in [3.8, 4) is 0 Å². The molecule has 0 aromatic rings. The maximum absolute atomic E-state index is 3.32. The van der Waals surface area contributed by atoms with Crippen molar-refractivity contribution in [3.05, 3.63) is 0 Å². The lowest BCUT2D eigenvalue weighted by Crippen LogP contribution is -2.37. The number of hydrogen-bond acceptors (Lipinski definition) is 1. The zero-order chi connectivity index (χ0) is 9.26. The lowest BCUT2D eigenvalue weighted by molar-refractivity contribution is 0.0629. The lowest BCUT2D eigenvalue weighted by Gasteiger charge is -2.45. The van der Waals surface area contributed by atoms with Crippen molar-refractivity contribution >= 4 is 0 Å². The van der Waals surface area contributed by atoms with E-state index in [1.54, 1.807) is 0 Å². The van der Waals surface area contributed by atoms with Crippen LogP contribution in [0.2, 0.25) is 0 Å². The number of fused-ring (bicyclic) bond motifs is 3. The molecule has 2 bridgehead atoms. The van der Waals surface area contributed by atoms with Crippen LogP contribution in [0, 0.1) is 23.7 Å². The lowest BCUT2D eigenvalue weighted by atomic mass is 9.61. The molecule has 0 aliphatic heterocycles. The van der Waals surface area contributed by atoms with Crippen LogP contribution in [0.5, 0.6) is 0 Å². The highest BCUT2D eigenvalue weighted by Crippen LogP contribution is 2.47. The second-order valence-electron chi connectivity index (χ2n) is 5.22. The third-order valence-electron chi connectivity index (χ3n) is 4.36. The topological polar surface area (TPSA) is 12.0 Å². The van der Waals surface area contributed by atoms with Gasteiger partial charge in [-0.3, -0.25) is 0 Å². The molecule has 2 unspecified atom stereocenters. The van der Waals surface area contributed by atoms with Crippen LogP contribution in [0.15, 0.2) is 0 Å². The zero-order valence-electron chi connectivity index (χ0n) is 9.05. The summed E-state index contributed by atoms with van der Waals surface area (Å²) in [6, 6.07) is 0. The highest BCUT2D eigenvalue weighted by atomic mass is 14.8. The molecule has 0 spiro atoms. The van der Waals surface area contributed by atoms with E-state index in [1.807, 2.05) is 0 Å². The first-order valence-electron chi connectivity index (χ1n) is 5.96. The van der Waals surface area contributed by atoms with Crippen LogP contribution in [0.25, 0.3) is 0 Å². The van der Waals surface area contributed by atoms with Gasteiger partial charge >= 0.3 is 0 Å². The standard InChI is InChI=1S/C12H23N/c1-9(8-13-2)12-7-10-3-5-11(12)6-4-10/h9-13H,3-8H2,1-2H3. The van der Waals surface area contributed by atoms with E-state index in [4.69, 9.17) is 0 Å². The third kappa shape index (κ3) is 1.90. The van der Waals surface area contributed by atoms with Crippen LogP contribution in [-0.4, -0.2) is 13.6 Å². The molecule has 13 heavy (non-hydrogen) atoms. The number of hydrogen-bond donors (Lipinski definition) is 1. The SMILES string of the molecule is CNCC(C)C1CC2CCC1CC2. The molecule has 3 fully saturated rings. The van der Waals surface area contributed by atoms with Crippen molar-refractivity contribution in [1.29, 1.82) is 0 Å². The summed E-state index contributed by atoms with van der Waals surface area (Å²) in [6.07, 6.45) is 7.67. The van der Waals surface area contributed by atoms with Crippen LogP contribution in [0.1, 0.15) is 39.0 Å². The predicted molar refractivity (Wildman–Crippen MR) is 56.6 cm³/mol. The quantitative estimate of drug-likeness (QED) is 0.706. The summed E-state index contributed by atoms with van der Waals surface area (Å²) in [7, 11) is 2.08. The van der Waals surface area contributed by atoms with Crippen LogP contribution < -0.4 is 5.32 Å². The van der Waals surface area contributed by atoms with Gasteiger partial charge in [0, 0.05) is 0 Å². The second-order valence-corrected chi connectivity index (χ2v) is 5.22. The largest absolute Gasteiger partial charge is 0.319 e. The molecule has 3 saturated carbocycles. The van der Waals surface area contributed by atoms with E-state index in [1.165, 1.54) is 38.6 Å². The Morgan fingerprint density at radius 1 is 1.23 bits per heavy atom. The molecule has 0 aromatic carbocycles. The molecule has 76 valence electrons. The fraction of sp³-hybridized carbons (Fsp3) is 1.00. The van der Waals surface area contributed by atoms with Crippen molar-refractivity contribution < 1.29 is 0 Å². The molecule has 0 radical (unpaired) electrons. The minimum atomic E-state index is 0.901. The van der Waals surface area contributed by atoms with Gasteiger partial charge in [-0.25, -0.2) is 0 Å². The zero-order valence-corrected chi connectivity index (χ0v) is 9.05. The summed E-state index contributed by atoms with van der Waals surface area (Å²) < 4.78 is 0. The van der Waals surface area contributed by atoms with Gasteiger partial charge in [-0.2, -0.15) is 0 Å². The fourth-order valence-electron chi connectivity index (χ4n) is 3.60. The smallest absolute Gasteiger partial charge is 0.00234 e. The highest BCUT2D eigenvalue weighted by molar-refractivity contribution is 4.88. The van der Waals surface area contributed by atoms with E-state index in [0.717, 1.165) is 23.7 Å². The van der Waals surface area contributed by atoms with Crippen molar-refractivity contribution in [1.82, 2.24) is 5.32 Å². The van der Waals surface area contributed by atoms with Gasteiger partial charge < -0.3 is 5.32 Å². The molecule has 0 aromatic heterocycles. The van der Waals surface area contributed by atoms with Gasteiger partial charge in [0.15, 0.2) is 0 Å². The molecular formula is C12H23N. The Labute approximate surface area is 82.3 Å². The van der Waals surface area contributed by atoms with Gasteiger partial charge in [0.25, 0.3) is 0 Å². The van der Waals surface area contributed by atoms with Crippen LogP contribution in [-0.2, 0) is 0 Å². The molecule has 0 amide bonds. The molecular weight excluding hydrogens is 158 g/mol. The molecule has 2 atom stereocenters. The van der Waals surface area contributed by atoms with E-state index in [9.17, 15) is 0 Å². The Balaban J connectivity index is 1.92. The van der Waals surface area contributed by atoms with Gasteiger partial charge in [0.1, 0.15) is 0 Å².